The molecule has 1 aliphatic rings. The fraction of sp³-hybridized carbons (Fsp3) is 0.583. The van der Waals surface area contributed by atoms with E-state index in [1.165, 1.54) is 12.8 Å². The molecule has 1 fully saturated rings. The number of aliphatic hydroxyl groups is 1. The fourth-order valence-electron chi connectivity index (χ4n) is 1.41. The first-order valence-electron chi connectivity index (χ1n) is 5.56. The molecule has 3 heteroatoms. The summed E-state index contributed by atoms with van der Waals surface area (Å²) < 4.78 is 5.61. The molecule has 0 amide bonds. The smallest absolute Gasteiger partial charge is 0.122 e. The van der Waals surface area contributed by atoms with Crippen molar-refractivity contribution in [1.29, 1.82) is 0 Å². The van der Waals surface area contributed by atoms with Crippen LogP contribution in [0.2, 0.25) is 0 Å². The van der Waals surface area contributed by atoms with Gasteiger partial charge >= 0.3 is 0 Å². The molecule has 0 aromatic carbocycles. The van der Waals surface area contributed by atoms with Crippen molar-refractivity contribution < 1.29 is 9.84 Å². The first-order valence-corrected chi connectivity index (χ1v) is 5.56. The summed E-state index contributed by atoms with van der Waals surface area (Å²) in [7, 11) is 0. The van der Waals surface area contributed by atoms with Gasteiger partial charge < -0.3 is 9.84 Å². The Balaban J connectivity index is 1.97. The molecule has 15 heavy (non-hydrogen) atoms. The van der Waals surface area contributed by atoms with Crippen LogP contribution in [-0.4, -0.2) is 16.7 Å². The molecule has 1 aromatic rings. The van der Waals surface area contributed by atoms with Gasteiger partial charge in [-0.1, -0.05) is 6.92 Å². The summed E-state index contributed by atoms with van der Waals surface area (Å²) in [6.45, 7) is 2.73. The molecule has 0 bridgehead atoms. The van der Waals surface area contributed by atoms with E-state index in [-0.39, 0.29) is 0 Å². The molecule has 0 saturated heterocycles. The quantitative estimate of drug-likeness (QED) is 0.805. The Hall–Kier alpha value is -1.09. The van der Waals surface area contributed by atoms with E-state index in [1.807, 2.05) is 19.1 Å². The van der Waals surface area contributed by atoms with Crippen molar-refractivity contribution in [1.82, 2.24) is 4.98 Å². The van der Waals surface area contributed by atoms with Gasteiger partial charge in [-0.15, -0.1) is 0 Å². The monoisotopic (exact) mass is 207 g/mol. The summed E-state index contributed by atoms with van der Waals surface area (Å²) in [6, 6.07) is 3.67. The van der Waals surface area contributed by atoms with Gasteiger partial charge in [-0.2, -0.15) is 0 Å². The zero-order chi connectivity index (χ0) is 10.7. The molecule has 1 heterocycles. The Morgan fingerprint density at radius 3 is 3.07 bits per heavy atom. The van der Waals surface area contributed by atoms with Gasteiger partial charge in [0.25, 0.3) is 0 Å². The topological polar surface area (TPSA) is 42.4 Å². The van der Waals surface area contributed by atoms with Crippen LogP contribution in [0.15, 0.2) is 18.3 Å². The van der Waals surface area contributed by atoms with Crippen molar-refractivity contribution in [2.45, 2.75) is 32.3 Å². The molecule has 1 saturated carbocycles. The van der Waals surface area contributed by atoms with Crippen LogP contribution in [0.4, 0.5) is 0 Å². The van der Waals surface area contributed by atoms with Crippen LogP contribution in [0.3, 0.4) is 0 Å². The molecule has 3 nitrogen and oxygen atoms in total. The van der Waals surface area contributed by atoms with Gasteiger partial charge in [0, 0.05) is 12.3 Å². The van der Waals surface area contributed by atoms with Gasteiger partial charge in [-0.3, -0.25) is 4.98 Å². The second-order valence-corrected chi connectivity index (χ2v) is 4.09. The van der Waals surface area contributed by atoms with Crippen LogP contribution in [0.1, 0.15) is 38.0 Å². The number of pyridine rings is 1. The molecular weight excluding hydrogens is 190 g/mol. The van der Waals surface area contributed by atoms with E-state index >= 15 is 0 Å². The number of rotatable bonds is 5. The van der Waals surface area contributed by atoms with Crippen molar-refractivity contribution in [3.05, 3.63) is 24.0 Å². The molecule has 0 spiro atoms. The number of aromatic nitrogens is 1. The predicted molar refractivity (Wildman–Crippen MR) is 57.7 cm³/mol. The average Bonchev–Trinajstić information content (AvgIpc) is 3.09. The van der Waals surface area contributed by atoms with Crippen LogP contribution in [0, 0.1) is 5.92 Å². The Morgan fingerprint density at radius 1 is 1.60 bits per heavy atom. The van der Waals surface area contributed by atoms with Gasteiger partial charge in [0.15, 0.2) is 0 Å². The summed E-state index contributed by atoms with van der Waals surface area (Å²) in [5.41, 5.74) is 0.700. The highest BCUT2D eigenvalue weighted by atomic mass is 16.5. The molecule has 0 unspecified atom stereocenters. The van der Waals surface area contributed by atoms with E-state index in [9.17, 15) is 5.11 Å². The van der Waals surface area contributed by atoms with Crippen molar-refractivity contribution in [2.75, 3.05) is 6.61 Å². The lowest BCUT2D eigenvalue weighted by Crippen LogP contribution is -2.02. The third kappa shape index (κ3) is 2.93. The first-order chi connectivity index (χ1) is 7.29. The normalized spacial score (nSPS) is 17.5. The maximum atomic E-state index is 9.63. The fourth-order valence-corrected chi connectivity index (χ4v) is 1.41. The first kappa shape index (κ1) is 10.4. The van der Waals surface area contributed by atoms with Crippen molar-refractivity contribution in [3.63, 3.8) is 0 Å². The lowest BCUT2D eigenvalue weighted by molar-refractivity contribution is 0.168. The highest BCUT2D eigenvalue weighted by molar-refractivity contribution is 5.23. The molecule has 2 rings (SSSR count). The number of nitrogens with zero attached hydrogens (tertiary/aromatic N) is 1. The van der Waals surface area contributed by atoms with E-state index in [4.69, 9.17) is 4.74 Å². The van der Waals surface area contributed by atoms with Gasteiger partial charge in [0.1, 0.15) is 5.75 Å². The van der Waals surface area contributed by atoms with Gasteiger partial charge in [0.2, 0.25) is 0 Å². The lowest BCUT2D eigenvalue weighted by Gasteiger charge is -2.09. The zero-order valence-corrected chi connectivity index (χ0v) is 9.02. The van der Waals surface area contributed by atoms with E-state index < -0.39 is 6.10 Å². The second-order valence-electron chi connectivity index (χ2n) is 4.09. The second kappa shape index (κ2) is 4.62. The van der Waals surface area contributed by atoms with E-state index in [1.54, 1.807) is 6.20 Å². The van der Waals surface area contributed by atoms with Crippen molar-refractivity contribution in [2.24, 2.45) is 5.92 Å². The number of ether oxygens (including phenoxy) is 1. The van der Waals surface area contributed by atoms with Crippen molar-refractivity contribution >= 4 is 0 Å². The van der Waals surface area contributed by atoms with Crippen LogP contribution >= 0.6 is 0 Å². The third-order valence-electron chi connectivity index (χ3n) is 2.66. The Bertz CT molecular complexity index is 323. The standard InChI is InChI=1S/C12H17NO2/c1-2-12(14)11-7-10(5-6-13-11)15-8-9-3-4-9/h5-7,9,12,14H,2-4,8H2,1H3/t12-/m0/s1. The number of aliphatic hydroxyl groups excluding tert-OH is 1. The summed E-state index contributed by atoms with van der Waals surface area (Å²) in [5, 5.41) is 9.63. The summed E-state index contributed by atoms with van der Waals surface area (Å²) >= 11 is 0. The predicted octanol–water partition coefficient (Wildman–Crippen LogP) is 2.31. The zero-order valence-electron chi connectivity index (χ0n) is 9.02. The van der Waals surface area contributed by atoms with Crippen LogP contribution in [0.25, 0.3) is 0 Å². The molecule has 82 valence electrons. The molecule has 1 atom stereocenters. The van der Waals surface area contributed by atoms with E-state index in [0.717, 1.165) is 18.3 Å². The summed E-state index contributed by atoms with van der Waals surface area (Å²) in [4.78, 5) is 4.12. The highest BCUT2D eigenvalue weighted by Crippen LogP contribution is 2.29. The number of hydrogen-bond donors (Lipinski definition) is 1. The summed E-state index contributed by atoms with van der Waals surface area (Å²) in [6.07, 6.45) is 4.47. The van der Waals surface area contributed by atoms with Gasteiger partial charge in [0.05, 0.1) is 18.4 Å². The van der Waals surface area contributed by atoms with E-state index in [0.29, 0.717) is 12.1 Å². The highest BCUT2D eigenvalue weighted by Gasteiger charge is 2.22. The van der Waals surface area contributed by atoms with E-state index in [2.05, 4.69) is 4.98 Å². The lowest BCUT2D eigenvalue weighted by atomic mass is 10.2. The van der Waals surface area contributed by atoms with Crippen LogP contribution < -0.4 is 4.74 Å². The molecule has 0 radical (unpaired) electrons. The van der Waals surface area contributed by atoms with Gasteiger partial charge in [-0.25, -0.2) is 0 Å². The Morgan fingerprint density at radius 2 is 2.40 bits per heavy atom. The number of hydrogen-bond acceptors (Lipinski definition) is 3. The minimum Gasteiger partial charge on any atom is -0.493 e. The molecule has 1 N–H and O–H groups in total. The molecule has 1 aromatic heterocycles. The maximum Gasteiger partial charge on any atom is 0.122 e. The van der Waals surface area contributed by atoms with Crippen LogP contribution in [-0.2, 0) is 0 Å². The molecular formula is C12H17NO2. The Kier molecular flexibility index (Phi) is 3.21. The largest absolute Gasteiger partial charge is 0.493 e. The summed E-state index contributed by atoms with van der Waals surface area (Å²) in [5.74, 6) is 1.57. The maximum absolute atomic E-state index is 9.63. The van der Waals surface area contributed by atoms with Crippen LogP contribution in [0.5, 0.6) is 5.75 Å². The van der Waals surface area contributed by atoms with Gasteiger partial charge in [-0.05, 0) is 31.2 Å². The molecule has 1 aliphatic carbocycles. The Labute approximate surface area is 90.1 Å². The van der Waals surface area contributed by atoms with Crippen molar-refractivity contribution in [3.8, 4) is 5.75 Å². The third-order valence-corrected chi connectivity index (χ3v) is 2.66. The minimum absolute atomic E-state index is 0.477. The SMILES string of the molecule is CC[C@H](O)c1cc(OCC2CC2)ccn1. The molecule has 0 aliphatic heterocycles. The minimum atomic E-state index is -0.477. The average molecular weight is 207 g/mol.